The quantitative estimate of drug-likeness (QED) is 0.518. The van der Waals surface area contributed by atoms with Crippen LogP contribution in [0.5, 0.6) is 0 Å². The van der Waals surface area contributed by atoms with Crippen LogP contribution in [0.4, 0.5) is 0 Å². The van der Waals surface area contributed by atoms with Crippen molar-refractivity contribution >= 4 is 11.9 Å². The fourth-order valence-electron chi connectivity index (χ4n) is 0.787. The molecule has 0 radical (unpaired) electrons. The van der Waals surface area contributed by atoms with Gasteiger partial charge in [0.25, 0.3) is 0 Å². The van der Waals surface area contributed by atoms with Crippen molar-refractivity contribution in [1.82, 2.24) is 5.32 Å². The maximum Gasteiger partial charge on any atom is 0.333 e. The summed E-state index contributed by atoms with van der Waals surface area (Å²) in [4.78, 5) is 21.0. The molecule has 1 amide bonds. The summed E-state index contributed by atoms with van der Waals surface area (Å²) in [7, 11) is 0. The Labute approximate surface area is 69.0 Å². The minimum absolute atomic E-state index is 0.120. The second kappa shape index (κ2) is 2.94. The van der Waals surface area contributed by atoms with E-state index in [0.29, 0.717) is 0 Å². The van der Waals surface area contributed by atoms with E-state index in [1.54, 1.807) is 0 Å². The maximum absolute atomic E-state index is 10.5. The predicted molar refractivity (Wildman–Crippen MR) is 38.9 cm³/mol. The normalized spacial score (nSPS) is 27.0. The van der Waals surface area contributed by atoms with Gasteiger partial charge in [0.05, 0.1) is 6.54 Å². The van der Waals surface area contributed by atoms with Crippen molar-refractivity contribution in [2.45, 2.75) is 12.7 Å². The molecule has 0 fully saturated rings. The third-order valence-corrected chi connectivity index (χ3v) is 1.35. The first-order valence-electron chi connectivity index (χ1n) is 3.41. The summed E-state index contributed by atoms with van der Waals surface area (Å²) >= 11 is 0. The van der Waals surface area contributed by atoms with Gasteiger partial charge in [0.15, 0.2) is 0 Å². The number of aliphatic hydroxyl groups is 1. The number of carbonyl (C=O) groups excluding carboxylic acids is 2. The molecule has 5 nitrogen and oxygen atoms in total. The lowest BCUT2D eigenvalue weighted by Crippen LogP contribution is -2.41. The zero-order chi connectivity index (χ0) is 9.19. The van der Waals surface area contributed by atoms with E-state index in [-0.39, 0.29) is 12.5 Å². The second-order valence-electron chi connectivity index (χ2n) is 2.51. The van der Waals surface area contributed by atoms with Gasteiger partial charge in [0.2, 0.25) is 11.7 Å². The summed E-state index contributed by atoms with van der Waals surface area (Å²) in [6.45, 7) is 1.19. The molecular formula is C7H9NO4. The van der Waals surface area contributed by atoms with Crippen LogP contribution < -0.4 is 5.32 Å². The van der Waals surface area contributed by atoms with Crippen molar-refractivity contribution in [1.29, 1.82) is 0 Å². The molecule has 0 aromatic heterocycles. The van der Waals surface area contributed by atoms with E-state index in [4.69, 9.17) is 0 Å². The molecule has 66 valence electrons. The lowest BCUT2D eigenvalue weighted by atomic mass is 10.3. The summed E-state index contributed by atoms with van der Waals surface area (Å²) < 4.78 is 4.49. The molecule has 1 heterocycles. The van der Waals surface area contributed by atoms with E-state index in [1.807, 2.05) is 0 Å². The summed E-state index contributed by atoms with van der Waals surface area (Å²) in [5.41, 5.74) is 0. The van der Waals surface area contributed by atoms with Crippen LogP contribution in [-0.4, -0.2) is 29.3 Å². The number of cyclic esters (lactones) is 1. The van der Waals surface area contributed by atoms with E-state index >= 15 is 0 Å². The molecule has 12 heavy (non-hydrogen) atoms. The zero-order valence-corrected chi connectivity index (χ0v) is 6.53. The van der Waals surface area contributed by atoms with Gasteiger partial charge in [-0.25, -0.2) is 4.79 Å². The number of hydrogen-bond acceptors (Lipinski definition) is 4. The van der Waals surface area contributed by atoms with Crippen molar-refractivity contribution in [3.8, 4) is 0 Å². The lowest BCUT2D eigenvalue weighted by molar-refractivity contribution is -0.177. The number of nitrogens with one attached hydrogen (secondary N) is 1. The first kappa shape index (κ1) is 8.73. The Bertz CT molecular complexity index is 248. The largest absolute Gasteiger partial charge is 0.424 e. The Morgan fingerprint density at radius 3 is 2.92 bits per heavy atom. The van der Waals surface area contributed by atoms with Gasteiger partial charge in [-0.2, -0.15) is 0 Å². The molecule has 0 saturated carbocycles. The number of hydrogen-bond donors (Lipinski definition) is 2. The van der Waals surface area contributed by atoms with E-state index in [9.17, 15) is 14.7 Å². The fourth-order valence-corrected chi connectivity index (χ4v) is 0.787. The van der Waals surface area contributed by atoms with Gasteiger partial charge in [0.1, 0.15) is 0 Å². The molecule has 0 bridgehead atoms. The maximum atomic E-state index is 10.5. The molecule has 1 atom stereocenters. The average Bonchev–Trinajstić information content (AvgIpc) is 2.29. The van der Waals surface area contributed by atoms with E-state index < -0.39 is 11.8 Å². The van der Waals surface area contributed by atoms with Crippen LogP contribution in [0.2, 0.25) is 0 Å². The molecule has 0 saturated heterocycles. The van der Waals surface area contributed by atoms with E-state index in [2.05, 4.69) is 10.1 Å². The third kappa shape index (κ3) is 2.06. The van der Waals surface area contributed by atoms with Crippen molar-refractivity contribution in [2.24, 2.45) is 0 Å². The molecule has 5 heteroatoms. The van der Waals surface area contributed by atoms with Gasteiger partial charge >= 0.3 is 5.97 Å². The van der Waals surface area contributed by atoms with Gasteiger partial charge in [-0.1, -0.05) is 0 Å². The van der Waals surface area contributed by atoms with Crippen LogP contribution >= 0.6 is 0 Å². The molecular weight excluding hydrogens is 162 g/mol. The Kier molecular flexibility index (Phi) is 2.14. The van der Waals surface area contributed by atoms with Gasteiger partial charge in [-0.3, -0.25) is 4.79 Å². The van der Waals surface area contributed by atoms with Crippen LogP contribution in [0.1, 0.15) is 6.92 Å². The average molecular weight is 171 g/mol. The number of rotatable bonds is 2. The van der Waals surface area contributed by atoms with Crippen LogP contribution in [0.25, 0.3) is 0 Å². The second-order valence-corrected chi connectivity index (χ2v) is 2.51. The molecule has 2 N–H and O–H groups in total. The molecule has 1 aliphatic heterocycles. The molecule has 1 rings (SSSR count). The monoisotopic (exact) mass is 171 g/mol. The van der Waals surface area contributed by atoms with Gasteiger partial charge in [-0.05, 0) is 6.08 Å². The fraction of sp³-hybridized carbons (Fsp3) is 0.429. The molecule has 1 unspecified atom stereocenters. The number of esters is 1. The Morgan fingerprint density at radius 2 is 2.50 bits per heavy atom. The number of ether oxygens (including phenoxy) is 1. The minimum atomic E-state index is -1.66. The highest BCUT2D eigenvalue weighted by Crippen LogP contribution is 2.14. The predicted octanol–water partition coefficient (Wildman–Crippen LogP) is -1.08. The van der Waals surface area contributed by atoms with Crippen LogP contribution in [0.15, 0.2) is 12.2 Å². The smallest absolute Gasteiger partial charge is 0.333 e. The first-order chi connectivity index (χ1) is 5.52. The van der Waals surface area contributed by atoms with Crippen LogP contribution in [0.3, 0.4) is 0 Å². The summed E-state index contributed by atoms with van der Waals surface area (Å²) in [6.07, 6.45) is 2.31. The van der Waals surface area contributed by atoms with Crippen molar-refractivity contribution in [3.63, 3.8) is 0 Å². The summed E-state index contributed by atoms with van der Waals surface area (Å²) in [5, 5.41) is 11.7. The van der Waals surface area contributed by atoms with Gasteiger partial charge in [-0.15, -0.1) is 0 Å². The standard InChI is InChI=1S/C7H9NO4/c1-5(9)8-4-7(11)3-2-6(10)12-7/h2-3,11H,4H2,1H3,(H,8,9). The topological polar surface area (TPSA) is 75.6 Å². The minimum Gasteiger partial charge on any atom is -0.424 e. The molecule has 0 aliphatic carbocycles. The molecule has 1 aliphatic rings. The van der Waals surface area contributed by atoms with Crippen molar-refractivity contribution in [2.75, 3.05) is 6.54 Å². The molecule has 0 aromatic rings. The lowest BCUT2D eigenvalue weighted by Gasteiger charge is -2.19. The zero-order valence-electron chi connectivity index (χ0n) is 6.53. The Hall–Kier alpha value is -1.36. The Balaban J connectivity index is 2.46. The highest BCUT2D eigenvalue weighted by Gasteiger charge is 2.32. The summed E-state index contributed by atoms with van der Waals surface area (Å²) in [6, 6.07) is 0. The highest BCUT2D eigenvalue weighted by atomic mass is 16.7. The summed E-state index contributed by atoms with van der Waals surface area (Å²) in [5.74, 6) is -2.56. The number of amides is 1. The SMILES string of the molecule is CC(=O)NCC1(O)C=CC(=O)O1. The van der Waals surface area contributed by atoms with Crippen LogP contribution in [-0.2, 0) is 14.3 Å². The third-order valence-electron chi connectivity index (χ3n) is 1.35. The van der Waals surface area contributed by atoms with Crippen molar-refractivity contribution < 1.29 is 19.4 Å². The molecule has 0 spiro atoms. The van der Waals surface area contributed by atoms with E-state index in [1.165, 1.54) is 13.0 Å². The number of carbonyl (C=O) groups is 2. The van der Waals surface area contributed by atoms with Crippen molar-refractivity contribution in [3.05, 3.63) is 12.2 Å². The van der Waals surface area contributed by atoms with Gasteiger partial charge in [0, 0.05) is 13.0 Å². The molecule has 0 aromatic carbocycles. The van der Waals surface area contributed by atoms with Crippen LogP contribution in [0, 0.1) is 0 Å². The first-order valence-corrected chi connectivity index (χ1v) is 3.41. The van der Waals surface area contributed by atoms with Gasteiger partial charge < -0.3 is 15.2 Å². The highest BCUT2D eigenvalue weighted by molar-refractivity contribution is 5.85. The van der Waals surface area contributed by atoms with E-state index in [0.717, 1.165) is 6.08 Å². The Morgan fingerprint density at radius 1 is 1.83 bits per heavy atom.